The van der Waals surface area contributed by atoms with Crippen molar-refractivity contribution >= 4 is 91.9 Å². The van der Waals surface area contributed by atoms with Gasteiger partial charge in [0.2, 0.25) is 0 Å². The Bertz CT molecular complexity index is 2900. The van der Waals surface area contributed by atoms with Crippen LogP contribution in [0.2, 0.25) is 0 Å². The molecular weight excluding hydrogens is 605 g/mol. The first kappa shape index (κ1) is 26.0. The Morgan fingerprint density at radius 3 is 1.94 bits per heavy atom. The SMILES string of the molecule is c1ccc2c(c1)Oc1cc(-n3c4ccccc4c4ccccc43)ccc1N2c1ccc2c(ccc3ccc4sc5ccccc5c4c32)c1. The van der Waals surface area contributed by atoms with Crippen molar-refractivity contribution in [2.24, 2.45) is 0 Å². The molecule has 10 aromatic rings. The molecule has 0 radical (unpaired) electrons. The summed E-state index contributed by atoms with van der Waals surface area (Å²) in [6.45, 7) is 0. The van der Waals surface area contributed by atoms with Gasteiger partial charge in [-0.2, -0.15) is 0 Å². The van der Waals surface area contributed by atoms with Crippen molar-refractivity contribution in [2.75, 3.05) is 4.90 Å². The number of nitrogens with zero attached hydrogens (tertiary/aromatic N) is 2. The second-order valence-electron chi connectivity index (χ2n) is 12.5. The fraction of sp³-hybridized carbons (Fsp3) is 0. The van der Waals surface area contributed by atoms with Gasteiger partial charge in [-0.15, -0.1) is 11.3 Å². The van der Waals surface area contributed by atoms with Crippen molar-refractivity contribution < 1.29 is 4.74 Å². The quantitative estimate of drug-likeness (QED) is 0.177. The van der Waals surface area contributed by atoms with Crippen LogP contribution in [0.1, 0.15) is 0 Å². The Morgan fingerprint density at radius 2 is 1.08 bits per heavy atom. The molecule has 0 fully saturated rings. The molecule has 48 heavy (non-hydrogen) atoms. The van der Waals surface area contributed by atoms with Crippen LogP contribution < -0.4 is 9.64 Å². The van der Waals surface area contributed by atoms with Gasteiger partial charge in [0.1, 0.15) is 0 Å². The molecule has 224 valence electrons. The fourth-order valence-electron chi connectivity index (χ4n) is 7.86. The van der Waals surface area contributed by atoms with Gasteiger partial charge in [-0.1, -0.05) is 91.0 Å². The minimum absolute atomic E-state index is 0.832. The van der Waals surface area contributed by atoms with E-state index < -0.39 is 0 Å². The number of anilines is 3. The zero-order valence-electron chi connectivity index (χ0n) is 25.7. The van der Waals surface area contributed by atoms with Gasteiger partial charge < -0.3 is 14.2 Å². The molecular formula is C44H26N2OS. The van der Waals surface area contributed by atoms with E-state index in [9.17, 15) is 0 Å². The highest BCUT2D eigenvalue weighted by atomic mass is 32.1. The minimum Gasteiger partial charge on any atom is -0.453 e. The molecule has 4 heteroatoms. The van der Waals surface area contributed by atoms with Gasteiger partial charge in [0, 0.05) is 42.7 Å². The molecule has 8 aromatic carbocycles. The number of para-hydroxylation sites is 4. The van der Waals surface area contributed by atoms with Crippen LogP contribution in [-0.2, 0) is 0 Å². The van der Waals surface area contributed by atoms with Gasteiger partial charge >= 0.3 is 0 Å². The molecule has 3 heterocycles. The van der Waals surface area contributed by atoms with Gasteiger partial charge in [-0.3, -0.25) is 0 Å². The van der Waals surface area contributed by atoms with E-state index in [-0.39, 0.29) is 0 Å². The lowest BCUT2D eigenvalue weighted by Gasteiger charge is -2.33. The summed E-state index contributed by atoms with van der Waals surface area (Å²) in [6, 6.07) is 56.9. The lowest BCUT2D eigenvalue weighted by molar-refractivity contribution is 0.477. The lowest BCUT2D eigenvalue weighted by atomic mass is 9.97. The van der Waals surface area contributed by atoms with Gasteiger partial charge in [0.05, 0.1) is 28.1 Å². The summed E-state index contributed by atoms with van der Waals surface area (Å²) in [4.78, 5) is 2.34. The maximum Gasteiger partial charge on any atom is 0.153 e. The highest BCUT2D eigenvalue weighted by molar-refractivity contribution is 7.26. The maximum absolute atomic E-state index is 6.66. The van der Waals surface area contributed by atoms with Gasteiger partial charge in [0.15, 0.2) is 11.5 Å². The summed E-state index contributed by atoms with van der Waals surface area (Å²) in [5, 5.41) is 10.3. The number of hydrogen-bond donors (Lipinski definition) is 0. The first-order chi connectivity index (χ1) is 23.8. The van der Waals surface area contributed by atoms with Crippen LogP contribution in [0.15, 0.2) is 158 Å². The van der Waals surface area contributed by atoms with Crippen LogP contribution in [0.3, 0.4) is 0 Å². The third kappa shape index (κ3) is 3.58. The Kier molecular flexibility index (Phi) is 5.26. The maximum atomic E-state index is 6.66. The standard InChI is InChI=1S/C44H26N2OS/c1-4-12-35-32(9-1)33-10-2-5-13-36(33)45(35)30-21-23-38-40(26-30)47-39-15-7-6-14-37(39)46(38)29-20-22-31-28(25-29)18-17-27-19-24-42-44(43(27)31)34-11-3-8-16-41(34)48-42/h1-26H. The molecule has 0 N–H and O–H groups in total. The van der Waals surface area contributed by atoms with Crippen LogP contribution >= 0.6 is 11.3 Å². The number of thiophene rings is 1. The average Bonchev–Trinajstić information content (AvgIpc) is 3.69. The van der Waals surface area contributed by atoms with Crippen molar-refractivity contribution in [2.45, 2.75) is 0 Å². The molecule has 1 aliphatic heterocycles. The monoisotopic (exact) mass is 630 g/mol. The molecule has 0 spiro atoms. The van der Waals surface area contributed by atoms with E-state index >= 15 is 0 Å². The molecule has 0 bridgehead atoms. The van der Waals surface area contributed by atoms with Gasteiger partial charge in [0.25, 0.3) is 0 Å². The van der Waals surface area contributed by atoms with Crippen LogP contribution in [0.4, 0.5) is 17.1 Å². The number of aromatic nitrogens is 1. The molecule has 2 aromatic heterocycles. The zero-order valence-corrected chi connectivity index (χ0v) is 26.5. The highest BCUT2D eigenvalue weighted by Gasteiger charge is 2.27. The van der Waals surface area contributed by atoms with Crippen molar-refractivity contribution in [1.82, 2.24) is 4.57 Å². The summed E-state index contributed by atoms with van der Waals surface area (Å²) >= 11 is 1.87. The smallest absolute Gasteiger partial charge is 0.153 e. The zero-order chi connectivity index (χ0) is 31.3. The van der Waals surface area contributed by atoms with E-state index in [0.717, 1.165) is 34.2 Å². The molecule has 11 rings (SSSR count). The van der Waals surface area contributed by atoms with E-state index in [4.69, 9.17) is 4.74 Å². The molecule has 0 amide bonds. The number of hydrogen-bond acceptors (Lipinski definition) is 3. The fourth-order valence-corrected chi connectivity index (χ4v) is 8.97. The summed E-state index contributed by atoms with van der Waals surface area (Å²) < 4.78 is 11.7. The molecule has 0 saturated carbocycles. The van der Waals surface area contributed by atoms with E-state index in [1.165, 1.54) is 63.5 Å². The number of benzene rings is 8. The topological polar surface area (TPSA) is 17.4 Å². The third-order valence-electron chi connectivity index (χ3n) is 9.93. The highest BCUT2D eigenvalue weighted by Crippen LogP contribution is 2.52. The van der Waals surface area contributed by atoms with Gasteiger partial charge in [-0.05, 0) is 82.2 Å². The molecule has 0 aliphatic carbocycles. The number of fused-ring (bicyclic) bond motifs is 12. The Hall–Kier alpha value is -6.10. The van der Waals surface area contributed by atoms with Crippen molar-refractivity contribution in [3.63, 3.8) is 0 Å². The van der Waals surface area contributed by atoms with Crippen LogP contribution in [0, 0.1) is 0 Å². The van der Waals surface area contributed by atoms with E-state index in [1.54, 1.807) is 0 Å². The molecule has 0 atom stereocenters. The van der Waals surface area contributed by atoms with Gasteiger partial charge in [-0.25, -0.2) is 0 Å². The third-order valence-corrected chi connectivity index (χ3v) is 11.1. The van der Waals surface area contributed by atoms with Crippen molar-refractivity contribution in [3.8, 4) is 17.2 Å². The van der Waals surface area contributed by atoms with E-state index in [0.29, 0.717) is 0 Å². The Labute approximate surface area is 280 Å². The average molecular weight is 631 g/mol. The summed E-state index contributed by atoms with van der Waals surface area (Å²) in [5.41, 5.74) is 6.58. The first-order valence-electron chi connectivity index (χ1n) is 16.3. The van der Waals surface area contributed by atoms with Crippen molar-refractivity contribution in [1.29, 1.82) is 0 Å². The molecule has 0 unspecified atom stereocenters. The second kappa shape index (κ2) is 9.71. The molecule has 1 aliphatic rings. The number of ether oxygens (including phenoxy) is 1. The Morgan fingerprint density at radius 1 is 0.417 bits per heavy atom. The largest absolute Gasteiger partial charge is 0.453 e. The lowest BCUT2D eigenvalue weighted by Crippen LogP contribution is -2.16. The van der Waals surface area contributed by atoms with Crippen LogP contribution in [0.5, 0.6) is 11.5 Å². The summed E-state index contributed by atoms with van der Waals surface area (Å²) in [6.07, 6.45) is 0. The predicted octanol–water partition coefficient (Wildman–Crippen LogP) is 13.0. The van der Waals surface area contributed by atoms with E-state index in [2.05, 4.69) is 161 Å². The first-order valence-corrected chi connectivity index (χ1v) is 17.1. The van der Waals surface area contributed by atoms with Crippen LogP contribution in [-0.4, -0.2) is 4.57 Å². The predicted molar refractivity (Wildman–Crippen MR) is 203 cm³/mol. The summed E-state index contributed by atoms with van der Waals surface area (Å²) in [7, 11) is 0. The molecule has 0 saturated heterocycles. The summed E-state index contributed by atoms with van der Waals surface area (Å²) in [5.74, 6) is 1.67. The molecule has 3 nitrogen and oxygen atoms in total. The second-order valence-corrected chi connectivity index (χ2v) is 13.6. The number of rotatable bonds is 2. The normalized spacial score (nSPS) is 12.7. The minimum atomic E-state index is 0.832. The van der Waals surface area contributed by atoms with E-state index in [1.807, 2.05) is 17.4 Å². The Balaban J connectivity index is 1.12. The van der Waals surface area contributed by atoms with Crippen molar-refractivity contribution in [3.05, 3.63) is 158 Å². The van der Waals surface area contributed by atoms with Crippen LogP contribution in [0.25, 0.3) is 69.2 Å².